The molecule has 2 atom stereocenters. The number of carboxylic acid groups (broad SMARTS) is 1. The third-order valence-corrected chi connectivity index (χ3v) is 3.92. The standard InChI is InChI=1S/C14H15Cl2NO4/c1-2-17(12-7-21-6-11(12)14(19)20)13(18)8-3-9(15)5-10(16)4-8/h3-5,11-12H,2,6-7H2,1H3,(H,19,20). The van der Waals surface area contributed by atoms with Gasteiger partial charge in [-0.3, -0.25) is 9.59 Å². The SMILES string of the molecule is CCN(C(=O)c1cc(Cl)cc(Cl)c1)C1COCC1C(=O)O. The van der Waals surface area contributed by atoms with Crippen LogP contribution in [-0.2, 0) is 9.53 Å². The second kappa shape index (κ2) is 6.64. The highest BCUT2D eigenvalue weighted by Crippen LogP contribution is 2.24. The van der Waals surface area contributed by atoms with E-state index in [4.69, 9.17) is 27.9 Å². The van der Waals surface area contributed by atoms with E-state index >= 15 is 0 Å². The fourth-order valence-corrected chi connectivity index (χ4v) is 2.98. The van der Waals surface area contributed by atoms with E-state index in [-0.39, 0.29) is 19.1 Å². The molecule has 1 amide bonds. The summed E-state index contributed by atoms with van der Waals surface area (Å²) in [7, 11) is 0. The molecule has 2 rings (SSSR count). The molecule has 0 bridgehead atoms. The number of rotatable bonds is 4. The van der Waals surface area contributed by atoms with Crippen LogP contribution in [0, 0.1) is 5.92 Å². The predicted molar refractivity (Wildman–Crippen MR) is 78.9 cm³/mol. The molecule has 0 aliphatic carbocycles. The lowest BCUT2D eigenvalue weighted by Crippen LogP contribution is -2.46. The molecule has 1 heterocycles. The van der Waals surface area contributed by atoms with Crippen molar-refractivity contribution in [1.29, 1.82) is 0 Å². The summed E-state index contributed by atoms with van der Waals surface area (Å²) in [5.41, 5.74) is 0.338. The summed E-state index contributed by atoms with van der Waals surface area (Å²) in [6.07, 6.45) is 0. The monoisotopic (exact) mass is 331 g/mol. The van der Waals surface area contributed by atoms with Crippen LogP contribution in [0.15, 0.2) is 18.2 Å². The van der Waals surface area contributed by atoms with Gasteiger partial charge in [-0.2, -0.15) is 0 Å². The zero-order valence-corrected chi connectivity index (χ0v) is 12.9. The van der Waals surface area contributed by atoms with E-state index in [1.165, 1.54) is 23.1 Å². The molecule has 0 aromatic heterocycles. The van der Waals surface area contributed by atoms with Crippen LogP contribution >= 0.6 is 23.2 Å². The molecule has 1 saturated heterocycles. The number of nitrogens with zero attached hydrogens (tertiary/aromatic N) is 1. The van der Waals surface area contributed by atoms with Crippen LogP contribution in [0.3, 0.4) is 0 Å². The lowest BCUT2D eigenvalue weighted by molar-refractivity contribution is -0.142. The summed E-state index contributed by atoms with van der Waals surface area (Å²) in [5, 5.41) is 9.93. The van der Waals surface area contributed by atoms with Crippen LogP contribution in [0.25, 0.3) is 0 Å². The molecule has 1 aromatic carbocycles. The van der Waals surface area contributed by atoms with Gasteiger partial charge in [0.05, 0.1) is 19.3 Å². The number of ether oxygens (including phenoxy) is 1. The fourth-order valence-electron chi connectivity index (χ4n) is 2.46. The van der Waals surface area contributed by atoms with Crippen molar-refractivity contribution in [3.8, 4) is 0 Å². The molecule has 1 aliphatic heterocycles. The maximum Gasteiger partial charge on any atom is 0.311 e. The molecule has 21 heavy (non-hydrogen) atoms. The highest BCUT2D eigenvalue weighted by Gasteiger charge is 2.39. The Balaban J connectivity index is 2.28. The minimum absolute atomic E-state index is 0.111. The van der Waals surface area contributed by atoms with Crippen LogP contribution in [0.2, 0.25) is 10.0 Å². The number of halogens is 2. The molecule has 114 valence electrons. The van der Waals surface area contributed by atoms with E-state index in [0.717, 1.165) is 0 Å². The van der Waals surface area contributed by atoms with Gasteiger partial charge in [-0.05, 0) is 25.1 Å². The number of benzene rings is 1. The van der Waals surface area contributed by atoms with Gasteiger partial charge in [-0.25, -0.2) is 0 Å². The predicted octanol–water partition coefficient (Wildman–Crippen LogP) is 2.56. The number of carboxylic acids is 1. The van der Waals surface area contributed by atoms with Gasteiger partial charge in [0.1, 0.15) is 5.92 Å². The third-order valence-electron chi connectivity index (χ3n) is 3.48. The third kappa shape index (κ3) is 3.48. The zero-order valence-electron chi connectivity index (χ0n) is 11.4. The number of carbonyl (C=O) groups excluding carboxylic acids is 1. The smallest absolute Gasteiger partial charge is 0.311 e. The van der Waals surface area contributed by atoms with Crippen LogP contribution in [-0.4, -0.2) is 47.7 Å². The summed E-state index contributed by atoms with van der Waals surface area (Å²) in [6.45, 7) is 2.49. The first kappa shape index (κ1) is 16.1. The van der Waals surface area contributed by atoms with Crippen LogP contribution < -0.4 is 0 Å². The quantitative estimate of drug-likeness (QED) is 0.920. The number of hydrogen-bond acceptors (Lipinski definition) is 3. The molecule has 7 heteroatoms. The Morgan fingerprint density at radius 1 is 1.29 bits per heavy atom. The van der Waals surface area contributed by atoms with Gasteiger partial charge in [0.25, 0.3) is 5.91 Å². The Bertz CT molecular complexity index is 544. The van der Waals surface area contributed by atoms with Crippen molar-refractivity contribution >= 4 is 35.1 Å². The van der Waals surface area contributed by atoms with Crippen molar-refractivity contribution in [2.75, 3.05) is 19.8 Å². The maximum absolute atomic E-state index is 12.6. The van der Waals surface area contributed by atoms with E-state index in [9.17, 15) is 14.7 Å². The van der Waals surface area contributed by atoms with Crippen molar-refractivity contribution < 1.29 is 19.4 Å². The summed E-state index contributed by atoms with van der Waals surface area (Å²) in [6, 6.07) is 4.08. The largest absolute Gasteiger partial charge is 0.481 e. The lowest BCUT2D eigenvalue weighted by atomic mass is 10.0. The molecule has 0 radical (unpaired) electrons. The highest BCUT2D eigenvalue weighted by molar-refractivity contribution is 6.35. The molecule has 2 unspecified atom stereocenters. The molecule has 1 aliphatic rings. The van der Waals surface area contributed by atoms with Gasteiger partial charge < -0.3 is 14.7 Å². The first-order chi connectivity index (χ1) is 9.93. The molecule has 5 nitrogen and oxygen atoms in total. The van der Waals surface area contributed by atoms with Crippen LogP contribution in [0.4, 0.5) is 0 Å². The zero-order chi connectivity index (χ0) is 15.6. The molecule has 0 saturated carbocycles. The van der Waals surface area contributed by atoms with E-state index in [0.29, 0.717) is 22.2 Å². The Morgan fingerprint density at radius 2 is 1.90 bits per heavy atom. The van der Waals surface area contributed by atoms with Crippen molar-refractivity contribution in [3.63, 3.8) is 0 Å². The number of likely N-dealkylation sites (N-methyl/N-ethyl adjacent to an activating group) is 1. The second-order valence-electron chi connectivity index (χ2n) is 4.80. The van der Waals surface area contributed by atoms with E-state index < -0.39 is 17.9 Å². The Labute approximate surface area is 132 Å². The highest BCUT2D eigenvalue weighted by atomic mass is 35.5. The summed E-state index contributed by atoms with van der Waals surface area (Å²) >= 11 is 11.8. The average molecular weight is 332 g/mol. The normalized spacial score (nSPS) is 21.3. The number of carbonyl (C=O) groups is 2. The Morgan fingerprint density at radius 3 is 2.43 bits per heavy atom. The van der Waals surface area contributed by atoms with Crippen LogP contribution in [0.1, 0.15) is 17.3 Å². The number of amides is 1. The van der Waals surface area contributed by atoms with Gasteiger partial charge in [-0.15, -0.1) is 0 Å². The van der Waals surface area contributed by atoms with Crippen LogP contribution in [0.5, 0.6) is 0 Å². The topological polar surface area (TPSA) is 66.8 Å². The Hall–Kier alpha value is -1.30. The fraction of sp³-hybridized carbons (Fsp3) is 0.429. The first-order valence-electron chi connectivity index (χ1n) is 6.51. The van der Waals surface area contributed by atoms with Gasteiger partial charge in [0.2, 0.25) is 0 Å². The molecular formula is C14H15Cl2NO4. The molecule has 0 spiro atoms. The Kier molecular flexibility index (Phi) is 5.08. The van der Waals surface area contributed by atoms with E-state index in [1.54, 1.807) is 6.92 Å². The van der Waals surface area contributed by atoms with Gasteiger partial charge in [-0.1, -0.05) is 23.2 Å². The van der Waals surface area contributed by atoms with Gasteiger partial charge in [0.15, 0.2) is 0 Å². The number of hydrogen-bond donors (Lipinski definition) is 1. The van der Waals surface area contributed by atoms with Crippen molar-refractivity contribution in [2.24, 2.45) is 5.92 Å². The molecular weight excluding hydrogens is 317 g/mol. The summed E-state index contributed by atoms with van der Waals surface area (Å²) < 4.78 is 5.22. The second-order valence-corrected chi connectivity index (χ2v) is 5.67. The van der Waals surface area contributed by atoms with Crippen molar-refractivity contribution in [3.05, 3.63) is 33.8 Å². The van der Waals surface area contributed by atoms with E-state index in [1.807, 2.05) is 0 Å². The minimum atomic E-state index is -0.965. The minimum Gasteiger partial charge on any atom is -0.481 e. The molecule has 1 N–H and O–H groups in total. The summed E-state index contributed by atoms with van der Waals surface area (Å²) in [4.78, 5) is 25.3. The van der Waals surface area contributed by atoms with Crippen molar-refractivity contribution in [2.45, 2.75) is 13.0 Å². The molecule has 1 aromatic rings. The van der Waals surface area contributed by atoms with E-state index in [2.05, 4.69) is 0 Å². The van der Waals surface area contributed by atoms with Gasteiger partial charge >= 0.3 is 5.97 Å². The summed E-state index contributed by atoms with van der Waals surface area (Å²) in [5.74, 6) is -1.99. The molecule has 1 fully saturated rings. The van der Waals surface area contributed by atoms with Gasteiger partial charge in [0, 0.05) is 22.2 Å². The average Bonchev–Trinajstić information content (AvgIpc) is 2.87. The maximum atomic E-state index is 12.6. The van der Waals surface area contributed by atoms with Crippen molar-refractivity contribution in [1.82, 2.24) is 4.90 Å². The number of aliphatic carboxylic acids is 1. The lowest BCUT2D eigenvalue weighted by Gasteiger charge is -2.29. The first-order valence-corrected chi connectivity index (χ1v) is 7.27.